The molecule has 1 aliphatic heterocycles. The molecular formula is C5H4ClNO2S. The minimum Gasteiger partial charge on any atom is -0.300 e. The highest BCUT2D eigenvalue weighted by molar-refractivity contribution is 7.99. The summed E-state index contributed by atoms with van der Waals surface area (Å²) in [5.41, 5.74) is 0. The van der Waals surface area contributed by atoms with E-state index < -0.39 is 0 Å². The van der Waals surface area contributed by atoms with E-state index in [2.05, 4.69) is 4.72 Å². The molecule has 0 aromatic heterocycles. The zero-order chi connectivity index (χ0) is 7.56. The van der Waals surface area contributed by atoms with Crippen LogP contribution < -0.4 is 4.72 Å². The molecule has 0 aliphatic carbocycles. The smallest absolute Gasteiger partial charge is 0.231 e. The number of carbonyl (C=O) groups is 1. The third-order valence-electron chi connectivity index (χ3n) is 1.07. The Hall–Kier alpha value is -0.440. The van der Waals surface area contributed by atoms with Gasteiger partial charge in [0.05, 0.1) is 5.25 Å². The molecule has 1 saturated heterocycles. The topological polar surface area (TPSA) is 46.2 Å². The summed E-state index contributed by atoms with van der Waals surface area (Å²) in [5.74, 6) is 1.45. The first kappa shape index (κ1) is 7.66. The predicted octanol–water partition coefficient (Wildman–Crippen LogP) is 0.477. The van der Waals surface area contributed by atoms with Crippen LogP contribution in [-0.4, -0.2) is 17.1 Å². The number of rotatable bonds is 1. The van der Waals surface area contributed by atoms with E-state index in [1.165, 1.54) is 0 Å². The minimum absolute atomic E-state index is 0.0725. The van der Waals surface area contributed by atoms with Crippen LogP contribution in [0.5, 0.6) is 0 Å². The third kappa shape index (κ3) is 1.53. The van der Waals surface area contributed by atoms with Crippen LogP contribution in [0.1, 0.15) is 6.42 Å². The van der Waals surface area contributed by atoms with Crippen LogP contribution in [0.3, 0.4) is 0 Å². The highest BCUT2D eigenvalue weighted by Gasteiger charge is 2.25. The average Bonchev–Trinajstić information content (AvgIpc) is 2.34. The first-order valence-corrected chi connectivity index (χ1v) is 3.85. The first-order valence-electron chi connectivity index (χ1n) is 2.59. The van der Waals surface area contributed by atoms with Crippen LogP contribution in [0, 0.1) is 0 Å². The molecule has 1 atom stereocenters. The highest BCUT2D eigenvalue weighted by Crippen LogP contribution is 2.26. The molecule has 0 spiro atoms. The van der Waals surface area contributed by atoms with E-state index in [9.17, 15) is 9.59 Å². The van der Waals surface area contributed by atoms with Gasteiger partial charge in [0.15, 0.2) is 0 Å². The van der Waals surface area contributed by atoms with E-state index in [-0.39, 0.29) is 22.6 Å². The van der Waals surface area contributed by atoms with Crippen LogP contribution in [0.4, 0.5) is 0 Å². The molecule has 0 aromatic carbocycles. The maximum atomic E-state index is 10.5. The molecule has 1 aliphatic rings. The summed E-state index contributed by atoms with van der Waals surface area (Å²) in [4.78, 5) is 20.5. The first-order chi connectivity index (χ1) is 4.74. The van der Waals surface area contributed by atoms with Crippen molar-refractivity contribution in [2.75, 3.05) is 0 Å². The summed E-state index contributed by atoms with van der Waals surface area (Å²) < 4.78 is 2.48. The van der Waals surface area contributed by atoms with Crippen LogP contribution in [-0.2, 0) is 9.59 Å². The summed E-state index contributed by atoms with van der Waals surface area (Å²) in [5, 5.41) is -0.157. The van der Waals surface area contributed by atoms with Crippen molar-refractivity contribution in [2.24, 2.45) is 0 Å². The Morgan fingerprint density at radius 3 is 3.00 bits per heavy atom. The molecule has 5 heteroatoms. The van der Waals surface area contributed by atoms with E-state index in [4.69, 9.17) is 11.6 Å². The Morgan fingerprint density at radius 1 is 1.90 bits per heavy atom. The van der Waals surface area contributed by atoms with Crippen LogP contribution in [0.15, 0.2) is 5.03 Å². The van der Waals surface area contributed by atoms with Crippen molar-refractivity contribution in [3.05, 3.63) is 5.03 Å². The van der Waals surface area contributed by atoms with Gasteiger partial charge in [-0.2, -0.15) is 0 Å². The van der Waals surface area contributed by atoms with Crippen molar-refractivity contribution >= 4 is 35.4 Å². The number of carbonyl (C=O) groups excluding carboxylic acids is 2. The van der Waals surface area contributed by atoms with Gasteiger partial charge in [0.25, 0.3) is 0 Å². The Bertz CT molecular complexity index is 212. The molecule has 1 rings (SSSR count). The third-order valence-corrected chi connectivity index (χ3v) is 2.57. The Morgan fingerprint density at radius 2 is 2.60 bits per heavy atom. The lowest BCUT2D eigenvalue weighted by Crippen LogP contribution is -2.05. The lowest BCUT2D eigenvalue weighted by molar-refractivity contribution is -0.118. The van der Waals surface area contributed by atoms with Gasteiger partial charge in [-0.25, -0.2) is 4.79 Å². The average molecular weight is 178 g/mol. The van der Waals surface area contributed by atoms with E-state index in [1.54, 1.807) is 5.94 Å². The van der Waals surface area contributed by atoms with Crippen molar-refractivity contribution < 1.29 is 9.59 Å². The van der Waals surface area contributed by atoms with Gasteiger partial charge in [-0.1, -0.05) is 11.6 Å². The van der Waals surface area contributed by atoms with E-state index >= 15 is 0 Å². The van der Waals surface area contributed by atoms with Gasteiger partial charge in [0.2, 0.25) is 5.91 Å². The maximum Gasteiger partial charge on any atom is 0.231 e. The van der Waals surface area contributed by atoms with Gasteiger partial charge in [-0.15, -0.1) is 0 Å². The van der Waals surface area contributed by atoms with Gasteiger partial charge in [-0.3, -0.25) is 9.52 Å². The van der Waals surface area contributed by atoms with Crippen molar-refractivity contribution in [3.63, 3.8) is 0 Å². The predicted molar refractivity (Wildman–Crippen MR) is 39.2 cm³/mol. The molecule has 54 valence electrons. The summed E-state index contributed by atoms with van der Waals surface area (Å²) in [7, 11) is 0. The van der Waals surface area contributed by atoms with Crippen LogP contribution in [0.25, 0.3) is 0 Å². The molecule has 0 saturated carbocycles. The molecule has 0 bridgehead atoms. The fraction of sp³-hybridized carbons (Fsp3) is 0.400. The molecule has 1 fully saturated rings. The Labute approximate surface area is 66.9 Å². The van der Waals surface area contributed by atoms with Crippen LogP contribution in [0.2, 0.25) is 0 Å². The maximum absolute atomic E-state index is 10.5. The summed E-state index contributed by atoms with van der Waals surface area (Å²) >= 11 is 6.57. The Kier molecular flexibility index (Phi) is 2.38. The number of amides is 1. The largest absolute Gasteiger partial charge is 0.300 e. The minimum atomic E-state index is -0.230. The zero-order valence-electron chi connectivity index (χ0n) is 4.89. The van der Waals surface area contributed by atoms with Crippen LogP contribution >= 0.6 is 23.5 Å². The van der Waals surface area contributed by atoms with E-state index in [1.807, 2.05) is 0 Å². The molecule has 1 N–H and O–H groups in total. The quantitative estimate of drug-likeness (QED) is 0.468. The van der Waals surface area contributed by atoms with E-state index in [0.29, 0.717) is 0 Å². The summed E-state index contributed by atoms with van der Waals surface area (Å²) in [6.45, 7) is 0. The highest BCUT2D eigenvalue weighted by atomic mass is 35.5. The molecule has 0 aromatic rings. The van der Waals surface area contributed by atoms with Gasteiger partial charge in [0.1, 0.15) is 11.0 Å². The molecule has 1 unspecified atom stereocenters. The Balaban J connectivity index is 2.61. The molecule has 1 heterocycles. The molecule has 0 radical (unpaired) electrons. The SMILES string of the molecule is O=C=C(Cl)C1CC(=O)NS1. The normalized spacial score (nSPS) is 23.7. The van der Waals surface area contributed by atoms with E-state index in [0.717, 1.165) is 11.9 Å². The van der Waals surface area contributed by atoms with Crippen molar-refractivity contribution in [3.8, 4) is 0 Å². The van der Waals surface area contributed by atoms with Crippen molar-refractivity contribution in [1.29, 1.82) is 0 Å². The zero-order valence-corrected chi connectivity index (χ0v) is 6.46. The molecule has 10 heavy (non-hydrogen) atoms. The van der Waals surface area contributed by atoms with Crippen molar-refractivity contribution in [2.45, 2.75) is 11.7 Å². The monoisotopic (exact) mass is 177 g/mol. The summed E-state index contributed by atoms with van der Waals surface area (Å²) in [6, 6.07) is 0. The van der Waals surface area contributed by atoms with Gasteiger partial charge < -0.3 is 0 Å². The number of hydrogen-bond acceptors (Lipinski definition) is 3. The standard InChI is InChI=1S/C5H4ClNO2S/c6-3(2-8)4-1-5(9)7-10-4/h4H,1H2,(H,7,9). The number of nitrogens with one attached hydrogen (secondary N) is 1. The second kappa shape index (κ2) is 3.10. The molecule has 3 nitrogen and oxygen atoms in total. The summed E-state index contributed by atoms with van der Waals surface area (Å²) in [6.07, 6.45) is 0.277. The lowest BCUT2D eigenvalue weighted by atomic mass is 10.3. The van der Waals surface area contributed by atoms with Gasteiger partial charge in [-0.05, 0) is 11.9 Å². The number of halogens is 1. The lowest BCUT2D eigenvalue weighted by Gasteiger charge is -1.96. The van der Waals surface area contributed by atoms with Gasteiger partial charge >= 0.3 is 0 Å². The number of hydrogen-bond donors (Lipinski definition) is 1. The second-order valence-electron chi connectivity index (χ2n) is 1.79. The molecule has 1 amide bonds. The van der Waals surface area contributed by atoms with Crippen molar-refractivity contribution in [1.82, 2.24) is 4.72 Å². The fourth-order valence-electron chi connectivity index (χ4n) is 0.596. The van der Waals surface area contributed by atoms with Gasteiger partial charge in [0, 0.05) is 6.42 Å². The fourth-order valence-corrected chi connectivity index (χ4v) is 1.55. The second-order valence-corrected chi connectivity index (χ2v) is 3.20. The molecular weight excluding hydrogens is 174 g/mol.